The zero-order chi connectivity index (χ0) is 16.7. The molecule has 1 saturated heterocycles. The van der Waals surface area contributed by atoms with E-state index in [0.717, 1.165) is 32.2 Å². The van der Waals surface area contributed by atoms with Crippen molar-refractivity contribution in [1.82, 2.24) is 15.5 Å². The van der Waals surface area contributed by atoms with E-state index in [0.29, 0.717) is 24.9 Å². The molecule has 0 bridgehead atoms. The van der Waals surface area contributed by atoms with E-state index < -0.39 is 0 Å². The van der Waals surface area contributed by atoms with Crippen LogP contribution in [0.25, 0.3) is 0 Å². The Morgan fingerprint density at radius 2 is 1.91 bits per heavy atom. The van der Waals surface area contributed by atoms with Crippen molar-refractivity contribution in [3.63, 3.8) is 0 Å². The number of likely N-dealkylation sites (tertiary alicyclic amines) is 1. The molecule has 1 aliphatic carbocycles. The highest BCUT2D eigenvalue weighted by Crippen LogP contribution is 2.18. The van der Waals surface area contributed by atoms with Crippen molar-refractivity contribution in [3.8, 4) is 0 Å². The van der Waals surface area contributed by atoms with E-state index in [2.05, 4.69) is 10.6 Å². The van der Waals surface area contributed by atoms with Gasteiger partial charge in [-0.05, 0) is 32.1 Å². The van der Waals surface area contributed by atoms with Crippen LogP contribution in [0.15, 0.2) is 0 Å². The van der Waals surface area contributed by atoms with E-state index in [-0.39, 0.29) is 29.4 Å². The van der Waals surface area contributed by atoms with Crippen molar-refractivity contribution in [2.24, 2.45) is 5.92 Å². The van der Waals surface area contributed by atoms with Gasteiger partial charge in [-0.15, -0.1) is 11.8 Å². The Balaban J connectivity index is 1.51. The van der Waals surface area contributed by atoms with Gasteiger partial charge in [-0.1, -0.05) is 6.92 Å². The topological polar surface area (TPSA) is 78.5 Å². The van der Waals surface area contributed by atoms with Gasteiger partial charge in [0.25, 0.3) is 0 Å². The van der Waals surface area contributed by atoms with Gasteiger partial charge < -0.3 is 15.5 Å². The molecule has 0 unspecified atom stereocenters. The molecule has 0 spiro atoms. The fourth-order valence-corrected chi connectivity index (χ4v) is 3.45. The van der Waals surface area contributed by atoms with Crippen LogP contribution in [-0.2, 0) is 14.4 Å². The van der Waals surface area contributed by atoms with Gasteiger partial charge in [0, 0.05) is 31.6 Å². The molecule has 1 aliphatic heterocycles. The monoisotopic (exact) mass is 341 g/mol. The van der Waals surface area contributed by atoms with Crippen molar-refractivity contribution >= 4 is 29.5 Å². The average Bonchev–Trinajstić information content (AvgIpc) is 2.47. The SMILES string of the molecule is C[C@H]1CCCN(CCNC(=O)CSCC(=O)NC2CCC2)C1=O. The Morgan fingerprint density at radius 1 is 1.17 bits per heavy atom. The first-order valence-electron chi connectivity index (χ1n) is 8.49. The lowest BCUT2D eigenvalue weighted by Gasteiger charge is -2.30. The third-order valence-corrected chi connectivity index (χ3v) is 5.37. The maximum absolute atomic E-state index is 11.9. The molecule has 0 aromatic heterocycles. The second kappa shape index (κ2) is 9.15. The summed E-state index contributed by atoms with van der Waals surface area (Å²) in [6.07, 6.45) is 5.34. The van der Waals surface area contributed by atoms with Crippen LogP contribution in [0.1, 0.15) is 39.0 Å². The maximum Gasteiger partial charge on any atom is 0.230 e. The molecule has 23 heavy (non-hydrogen) atoms. The summed E-state index contributed by atoms with van der Waals surface area (Å²) in [4.78, 5) is 37.1. The van der Waals surface area contributed by atoms with Crippen molar-refractivity contribution in [2.45, 2.75) is 45.1 Å². The van der Waals surface area contributed by atoms with Gasteiger partial charge in [0.15, 0.2) is 0 Å². The Hall–Kier alpha value is -1.24. The van der Waals surface area contributed by atoms with Gasteiger partial charge in [-0.25, -0.2) is 0 Å². The molecule has 0 aromatic rings. The second-order valence-electron chi connectivity index (χ2n) is 6.41. The van der Waals surface area contributed by atoms with Gasteiger partial charge in [-0.3, -0.25) is 14.4 Å². The number of piperidine rings is 1. The maximum atomic E-state index is 11.9. The number of hydrogen-bond acceptors (Lipinski definition) is 4. The van der Waals surface area contributed by atoms with Crippen molar-refractivity contribution in [1.29, 1.82) is 0 Å². The Bertz CT molecular complexity index is 440. The molecular formula is C16H27N3O3S. The van der Waals surface area contributed by atoms with Gasteiger partial charge in [-0.2, -0.15) is 0 Å². The minimum absolute atomic E-state index is 0.0143. The van der Waals surface area contributed by atoms with Gasteiger partial charge in [0.1, 0.15) is 0 Å². The molecular weight excluding hydrogens is 314 g/mol. The average molecular weight is 341 g/mol. The summed E-state index contributed by atoms with van der Waals surface area (Å²) < 4.78 is 0. The van der Waals surface area contributed by atoms with E-state index >= 15 is 0 Å². The number of nitrogens with zero attached hydrogens (tertiary/aromatic N) is 1. The Kier molecular flexibility index (Phi) is 7.20. The summed E-state index contributed by atoms with van der Waals surface area (Å²) in [6, 6.07) is 0.349. The summed E-state index contributed by atoms with van der Waals surface area (Å²) >= 11 is 1.33. The number of amides is 3. The van der Waals surface area contributed by atoms with Crippen LogP contribution in [0.2, 0.25) is 0 Å². The largest absolute Gasteiger partial charge is 0.354 e. The zero-order valence-electron chi connectivity index (χ0n) is 13.8. The fraction of sp³-hybridized carbons (Fsp3) is 0.812. The summed E-state index contributed by atoms with van der Waals surface area (Å²) in [5, 5.41) is 5.77. The molecule has 0 radical (unpaired) electrons. The highest BCUT2D eigenvalue weighted by Gasteiger charge is 2.24. The van der Waals surface area contributed by atoms with E-state index in [1.807, 2.05) is 11.8 Å². The summed E-state index contributed by atoms with van der Waals surface area (Å²) in [6.45, 7) is 3.79. The quantitative estimate of drug-likeness (QED) is 0.683. The predicted octanol–water partition coefficient (Wildman–Crippen LogP) is 0.763. The first-order chi connectivity index (χ1) is 11.1. The first-order valence-corrected chi connectivity index (χ1v) is 9.64. The van der Waals surface area contributed by atoms with E-state index in [9.17, 15) is 14.4 Å². The standard InChI is InChI=1S/C16H27N3O3S/c1-12-4-3-8-19(16(12)22)9-7-17-14(20)10-23-11-15(21)18-13-5-2-6-13/h12-13H,2-11H2,1H3,(H,17,20)(H,18,21)/t12-/m0/s1. The Labute approximate surface area is 142 Å². The summed E-state index contributed by atoms with van der Waals surface area (Å²) in [7, 11) is 0. The zero-order valence-corrected chi connectivity index (χ0v) is 14.6. The number of carbonyl (C=O) groups is 3. The number of nitrogens with one attached hydrogen (secondary N) is 2. The summed E-state index contributed by atoms with van der Waals surface area (Å²) in [5.41, 5.74) is 0. The third-order valence-electron chi connectivity index (χ3n) is 4.44. The third kappa shape index (κ3) is 6.05. The number of rotatable bonds is 8. The van der Waals surface area contributed by atoms with Crippen LogP contribution in [-0.4, -0.2) is 59.8 Å². The Morgan fingerprint density at radius 3 is 2.61 bits per heavy atom. The van der Waals surface area contributed by atoms with Crippen molar-refractivity contribution < 1.29 is 14.4 Å². The van der Waals surface area contributed by atoms with Crippen molar-refractivity contribution in [2.75, 3.05) is 31.1 Å². The highest BCUT2D eigenvalue weighted by molar-refractivity contribution is 8.00. The number of thioether (sulfide) groups is 1. The normalized spacial score (nSPS) is 21.7. The summed E-state index contributed by atoms with van der Waals surface area (Å²) in [5.74, 6) is 0.829. The first kappa shape index (κ1) is 18.1. The lowest BCUT2D eigenvalue weighted by molar-refractivity contribution is -0.138. The number of hydrogen-bond donors (Lipinski definition) is 2. The second-order valence-corrected chi connectivity index (χ2v) is 7.39. The number of carbonyl (C=O) groups excluding carboxylic acids is 3. The van der Waals surface area contributed by atoms with Gasteiger partial charge in [0.2, 0.25) is 17.7 Å². The molecule has 7 heteroatoms. The fourth-order valence-electron chi connectivity index (χ4n) is 2.80. The minimum atomic E-state index is -0.0797. The van der Waals surface area contributed by atoms with E-state index in [1.165, 1.54) is 18.2 Å². The molecule has 1 heterocycles. The molecule has 1 saturated carbocycles. The van der Waals surface area contributed by atoms with E-state index in [4.69, 9.17) is 0 Å². The van der Waals surface area contributed by atoms with Crippen molar-refractivity contribution in [3.05, 3.63) is 0 Å². The molecule has 2 N–H and O–H groups in total. The van der Waals surface area contributed by atoms with Gasteiger partial charge in [0.05, 0.1) is 11.5 Å². The minimum Gasteiger partial charge on any atom is -0.354 e. The predicted molar refractivity (Wildman–Crippen MR) is 91.1 cm³/mol. The van der Waals surface area contributed by atoms with Crippen LogP contribution >= 0.6 is 11.8 Å². The molecule has 2 aliphatic rings. The van der Waals surface area contributed by atoms with Crippen LogP contribution < -0.4 is 10.6 Å². The lowest BCUT2D eigenvalue weighted by Crippen LogP contribution is -2.44. The molecule has 2 fully saturated rings. The smallest absolute Gasteiger partial charge is 0.230 e. The molecule has 1 atom stereocenters. The van der Waals surface area contributed by atoms with Crippen LogP contribution in [0.5, 0.6) is 0 Å². The van der Waals surface area contributed by atoms with Gasteiger partial charge >= 0.3 is 0 Å². The van der Waals surface area contributed by atoms with Crippen LogP contribution in [0, 0.1) is 5.92 Å². The lowest BCUT2D eigenvalue weighted by atomic mass is 9.93. The highest BCUT2D eigenvalue weighted by atomic mass is 32.2. The molecule has 130 valence electrons. The van der Waals surface area contributed by atoms with Crippen LogP contribution in [0.3, 0.4) is 0 Å². The molecule has 0 aromatic carbocycles. The van der Waals surface area contributed by atoms with Crippen LogP contribution in [0.4, 0.5) is 0 Å². The molecule has 3 amide bonds. The molecule has 2 rings (SSSR count). The van der Waals surface area contributed by atoms with E-state index in [1.54, 1.807) is 0 Å². The molecule has 6 nitrogen and oxygen atoms in total.